The molecule has 38 heavy (non-hydrogen) atoms. The zero-order chi connectivity index (χ0) is 27.0. The summed E-state index contributed by atoms with van der Waals surface area (Å²) in [6.45, 7) is 3.79. The molecule has 5 aromatic rings. The van der Waals surface area contributed by atoms with Crippen molar-refractivity contribution in [2.75, 3.05) is 24.4 Å². The van der Waals surface area contributed by atoms with Gasteiger partial charge in [-0.1, -0.05) is 23.2 Å². The lowest BCUT2D eigenvalue weighted by Crippen LogP contribution is -2.13. The number of nitrogens with one attached hydrogen (secondary N) is 3. The number of halogens is 2. The number of carbonyl (C=O) groups is 2. The number of anilines is 3. The maximum atomic E-state index is 13.2. The number of fused-ring (bicyclic) bond motifs is 2. The minimum atomic E-state index is -0.493. The second-order valence-corrected chi connectivity index (χ2v) is 9.72. The highest BCUT2D eigenvalue weighted by molar-refractivity contribution is 7.18. The van der Waals surface area contributed by atoms with Crippen molar-refractivity contribution >= 4 is 84.7 Å². The van der Waals surface area contributed by atoms with Gasteiger partial charge < -0.3 is 20.1 Å². The van der Waals surface area contributed by atoms with Crippen LogP contribution in [0.4, 0.5) is 17.2 Å². The Bertz CT molecular complexity index is 1720. The Morgan fingerprint density at radius 2 is 1.97 bits per heavy atom. The predicted octanol–water partition coefficient (Wildman–Crippen LogP) is 6.36. The number of thiophene rings is 1. The molecule has 5 rings (SSSR count). The SMILES string of the molecule is CCOC(=O)c1n[nH]c2cc(Nc3ncnc4c(C(=O)Nc5c(Cl)c(C)cc(OC)c5Cl)csc34)ccc12. The molecule has 0 aliphatic heterocycles. The number of benzene rings is 2. The van der Waals surface area contributed by atoms with E-state index in [2.05, 4.69) is 30.8 Å². The summed E-state index contributed by atoms with van der Waals surface area (Å²) in [7, 11) is 1.49. The van der Waals surface area contributed by atoms with Gasteiger partial charge in [0.15, 0.2) is 11.5 Å². The molecule has 0 radical (unpaired) electrons. The molecule has 0 saturated carbocycles. The van der Waals surface area contributed by atoms with E-state index >= 15 is 0 Å². The van der Waals surface area contributed by atoms with Crippen molar-refractivity contribution in [3.8, 4) is 5.75 Å². The highest BCUT2D eigenvalue weighted by atomic mass is 35.5. The molecule has 0 atom stereocenters. The second-order valence-electron chi connectivity index (χ2n) is 8.08. The first-order chi connectivity index (χ1) is 18.3. The number of carbonyl (C=O) groups excluding carboxylic acids is 2. The van der Waals surface area contributed by atoms with Gasteiger partial charge >= 0.3 is 5.97 Å². The van der Waals surface area contributed by atoms with E-state index in [1.165, 1.54) is 24.8 Å². The van der Waals surface area contributed by atoms with E-state index in [1.807, 2.05) is 0 Å². The van der Waals surface area contributed by atoms with Gasteiger partial charge in [-0.15, -0.1) is 11.3 Å². The van der Waals surface area contributed by atoms with Crippen molar-refractivity contribution in [1.82, 2.24) is 20.2 Å². The number of H-pyrrole nitrogens is 1. The Hall–Kier alpha value is -3.93. The first-order valence-corrected chi connectivity index (χ1v) is 12.9. The molecular formula is C25H20Cl2N6O4S. The number of aromatic nitrogens is 4. The van der Waals surface area contributed by atoms with E-state index < -0.39 is 11.9 Å². The Morgan fingerprint density at radius 1 is 1.16 bits per heavy atom. The molecule has 0 spiro atoms. The van der Waals surface area contributed by atoms with Gasteiger partial charge in [-0.3, -0.25) is 9.89 Å². The Balaban J connectivity index is 1.43. The minimum Gasteiger partial charge on any atom is -0.495 e. The Morgan fingerprint density at radius 3 is 2.74 bits per heavy atom. The van der Waals surface area contributed by atoms with E-state index in [0.29, 0.717) is 54.5 Å². The summed E-state index contributed by atoms with van der Waals surface area (Å²) in [5, 5.41) is 15.8. The number of aryl methyl sites for hydroxylation is 1. The lowest BCUT2D eigenvalue weighted by atomic mass is 10.2. The molecule has 0 fully saturated rings. The molecule has 3 N–H and O–H groups in total. The van der Waals surface area contributed by atoms with Crippen LogP contribution in [0, 0.1) is 6.92 Å². The predicted molar refractivity (Wildman–Crippen MR) is 148 cm³/mol. The molecule has 10 nitrogen and oxygen atoms in total. The zero-order valence-corrected chi connectivity index (χ0v) is 22.6. The van der Waals surface area contributed by atoms with E-state index in [1.54, 1.807) is 43.5 Å². The fourth-order valence-corrected chi connectivity index (χ4v) is 5.33. The van der Waals surface area contributed by atoms with E-state index in [4.69, 9.17) is 32.7 Å². The van der Waals surface area contributed by atoms with Crippen molar-refractivity contribution in [2.24, 2.45) is 0 Å². The van der Waals surface area contributed by atoms with Gasteiger partial charge in [0, 0.05) is 16.5 Å². The summed E-state index contributed by atoms with van der Waals surface area (Å²) >= 11 is 14.1. The van der Waals surface area contributed by atoms with Crippen molar-refractivity contribution in [2.45, 2.75) is 13.8 Å². The zero-order valence-electron chi connectivity index (χ0n) is 20.3. The van der Waals surface area contributed by atoms with Crippen LogP contribution in [0.25, 0.3) is 21.1 Å². The summed E-state index contributed by atoms with van der Waals surface area (Å²) in [6, 6.07) is 7.06. The standard InChI is InChI=1S/C25H20Cl2N6O4S/c1-4-37-25(35)20-13-6-5-12(8-15(13)32-33-20)30-23-22-19(28-10-29-23)14(9-38-22)24(34)31-21-17(26)11(2)7-16(36-3)18(21)27/h5-10H,4H2,1-3H3,(H,31,34)(H,32,33)(H,28,29,30). The van der Waals surface area contributed by atoms with Gasteiger partial charge in [-0.2, -0.15) is 5.10 Å². The monoisotopic (exact) mass is 570 g/mol. The summed E-state index contributed by atoms with van der Waals surface area (Å²) in [5.41, 5.74) is 3.33. The summed E-state index contributed by atoms with van der Waals surface area (Å²) in [4.78, 5) is 34.0. The van der Waals surface area contributed by atoms with Gasteiger partial charge in [-0.05, 0) is 43.7 Å². The number of amides is 1. The lowest BCUT2D eigenvalue weighted by molar-refractivity contribution is 0.0521. The molecule has 194 valence electrons. The second kappa shape index (κ2) is 10.4. The number of aromatic amines is 1. The van der Waals surface area contributed by atoms with Crippen molar-refractivity contribution in [3.05, 3.63) is 62.8 Å². The maximum absolute atomic E-state index is 13.2. The number of nitrogens with zero attached hydrogens (tertiary/aromatic N) is 3. The van der Waals surface area contributed by atoms with Crippen molar-refractivity contribution in [3.63, 3.8) is 0 Å². The fraction of sp³-hybridized carbons (Fsp3) is 0.160. The van der Waals surface area contributed by atoms with Gasteiger partial charge in [0.1, 0.15) is 17.1 Å². The average Bonchev–Trinajstić information content (AvgIpc) is 3.54. The Labute approximate surface area is 230 Å². The van der Waals surface area contributed by atoms with Crippen molar-refractivity contribution in [1.29, 1.82) is 0 Å². The van der Waals surface area contributed by atoms with Gasteiger partial charge in [0.05, 0.1) is 45.7 Å². The van der Waals surface area contributed by atoms with Crippen LogP contribution in [-0.4, -0.2) is 45.8 Å². The number of hydrogen-bond acceptors (Lipinski definition) is 9. The van der Waals surface area contributed by atoms with Crippen LogP contribution in [0.3, 0.4) is 0 Å². The molecule has 0 bridgehead atoms. The van der Waals surface area contributed by atoms with Gasteiger partial charge in [-0.25, -0.2) is 14.8 Å². The summed E-state index contributed by atoms with van der Waals surface area (Å²) < 4.78 is 11.0. The summed E-state index contributed by atoms with van der Waals surface area (Å²) in [5.74, 6) is -0.0101. The number of rotatable bonds is 7. The molecule has 0 aliphatic carbocycles. The van der Waals surface area contributed by atoms with Gasteiger partial charge in [0.25, 0.3) is 5.91 Å². The Kier molecular flexibility index (Phi) is 7.06. The quantitative estimate of drug-likeness (QED) is 0.192. The number of hydrogen-bond donors (Lipinski definition) is 3. The lowest BCUT2D eigenvalue weighted by Gasteiger charge is -2.14. The molecule has 13 heteroatoms. The number of esters is 1. The van der Waals surface area contributed by atoms with Crippen LogP contribution in [0.5, 0.6) is 5.75 Å². The third kappa shape index (κ3) is 4.60. The number of ether oxygens (including phenoxy) is 2. The third-order valence-electron chi connectivity index (χ3n) is 5.70. The highest BCUT2D eigenvalue weighted by Crippen LogP contribution is 2.41. The number of methoxy groups -OCH3 is 1. The summed E-state index contributed by atoms with van der Waals surface area (Å²) in [6.07, 6.45) is 1.37. The van der Waals surface area contributed by atoms with Crippen LogP contribution in [0.1, 0.15) is 33.3 Å². The molecule has 3 aromatic heterocycles. The van der Waals surface area contributed by atoms with Crippen LogP contribution in [-0.2, 0) is 4.74 Å². The van der Waals surface area contributed by atoms with E-state index in [-0.39, 0.29) is 23.0 Å². The first-order valence-electron chi connectivity index (χ1n) is 11.3. The highest BCUT2D eigenvalue weighted by Gasteiger charge is 2.22. The molecule has 0 saturated heterocycles. The van der Waals surface area contributed by atoms with Crippen LogP contribution >= 0.6 is 34.5 Å². The maximum Gasteiger partial charge on any atom is 0.359 e. The van der Waals surface area contributed by atoms with E-state index in [9.17, 15) is 9.59 Å². The largest absolute Gasteiger partial charge is 0.495 e. The normalized spacial score (nSPS) is 11.1. The average molecular weight is 571 g/mol. The first kappa shape index (κ1) is 25.7. The van der Waals surface area contributed by atoms with Crippen LogP contribution in [0.15, 0.2) is 36.0 Å². The topological polar surface area (TPSA) is 131 Å². The third-order valence-corrected chi connectivity index (χ3v) is 7.54. The minimum absolute atomic E-state index is 0.202. The van der Waals surface area contributed by atoms with Crippen LogP contribution < -0.4 is 15.4 Å². The fourth-order valence-electron chi connectivity index (χ4n) is 3.87. The van der Waals surface area contributed by atoms with Crippen molar-refractivity contribution < 1.29 is 19.1 Å². The molecule has 0 aliphatic rings. The van der Waals surface area contributed by atoms with Gasteiger partial charge in [0.2, 0.25) is 0 Å². The molecular weight excluding hydrogens is 551 g/mol. The van der Waals surface area contributed by atoms with Crippen LogP contribution in [0.2, 0.25) is 10.0 Å². The molecule has 3 heterocycles. The molecule has 0 unspecified atom stereocenters. The molecule has 1 amide bonds. The van der Waals surface area contributed by atoms with E-state index in [0.717, 1.165) is 0 Å². The smallest absolute Gasteiger partial charge is 0.359 e. The molecule has 2 aromatic carbocycles.